The number of aromatic nitrogens is 3. The summed E-state index contributed by atoms with van der Waals surface area (Å²) in [6.07, 6.45) is 1.67. The smallest absolute Gasteiger partial charge is 0.175 e. The van der Waals surface area contributed by atoms with Crippen molar-refractivity contribution in [1.82, 2.24) is 14.8 Å². The molecule has 2 aromatic rings. The predicted octanol–water partition coefficient (Wildman–Crippen LogP) is 0.742. The van der Waals surface area contributed by atoms with E-state index in [1.54, 1.807) is 12.4 Å². The highest BCUT2D eigenvalue weighted by atomic mass is 16.5. The third-order valence-corrected chi connectivity index (χ3v) is 2.22. The lowest BCUT2D eigenvalue weighted by Crippen LogP contribution is -2.12. The van der Waals surface area contributed by atoms with Crippen LogP contribution in [0.4, 0.5) is 5.69 Å². The highest BCUT2D eigenvalue weighted by molar-refractivity contribution is 5.56. The molecule has 0 spiro atoms. The predicted molar refractivity (Wildman–Crippen MR) is 50.1 cm³/mol. The van der Waals surface area contributed by atoms with Gasteiger partial charge in [0.15, 0.2) is 5.82 Å². The van der Waals surface area contributed by atoms with E-state index >= 15 is 0 Å². The van der Waals surface area contributed by atoms with Crippen LogP contribution in [0.2, 0.25) is 0 Å². The molecule has 0 unspecified atom stereocenters. The number of nitrogens with zero attached hydrogens (tertiary/aromatic N) is 3. The lowest BCUT2D eigenvalue weighted by atomic mass is 10.2. The summed E-state index contributed by atoms with van der Waals surface area (Å²) in [5.41, 5.74) is 7.29. The van der Waals surface area contributed by atoms with Crippen LogP contribution in [0.5, 0.6) is 5.75 Å². The van der Waals surface area contributed by atoms with Crippen molar-refractivity contribution in [1.29, 1.82) is 0 Å². The Kier molecular flexibility index (Phi) is 1.30. The molecule has 1 aromatic heterocycles. The molecule has 5 nitrogen and oxygen atoms in total. The van der Waals surface area contributed by atoms with Crippen LogP contribution in [0, 0.1) is 0 Å². The first-order chi connectivity index (χ1) is 6.84. The summed E-state index contributed by atoms with van der Waals surface area (Å²) in [7, 11) is 0. The first-order valence-corrected chi connectivity index (χ1v) is 4.26. The molecule has 1 aliphatic heterocycles. The molecule has 5 heteroatoms. The van der Waals surface area contributed by atoms with Gasteiger partial charge in [-0.25, -0.2) is 0 Å². The number of hydrogen-bond acceptors (Lipinski definition) is 4. The van der Waals surface area contributed by atoms with E-state index < -0.39 is 0 Å². The second kappa shape index (κ2) is 2.47. The number of nitrogens with two attached hydrogens (primary N) is 1. The van der Waals surface area contributed by atoms with Gasteiger partial charge < -0.3 is 10.5 Å². The van der Waals surface area contributed by atoms with Crippen LogP contribution >= 0.6 is 0 Å². The second-order valence-corrected chi connectivity index (χ2v) is 3.13. The Labute approximate surface area is 80.1 Å². The molecule has 2 heterocycles. The van der Waals surface area contributed by atoms with Gasteiger partial charge >= 0.3 is 0 Å². The van der Waals surface area contributed by atoms with Crippen molar-refractivity contribution in [3.63, 3.8) is 0 Å². The minimum atomic E-state index is 0.441. The van der Waals surface area contributed by atoms with Crippen molar-refractivity contribution in [2.45, 2.75) is 6.61 Å². The zero-order valence-corrected chi connectivity index (χ0v) is 7.34. The van der Waals surface area contributed by atoms with Gasteiger partial charge in [-0.3, -0.25) is 4.57 Å². The third-order valence-electron chi connectivity index (χ3n) is 2.22. The fraction of sp³-hybridized carbons (Fsp3) is 0.111. The molecule has 2 N–H and O–H groups in total. The van der Waals surface area contributed by atoms with Gasteiger partial charge in [0.2, 0.25) is 0 Å². The zero-order chi connectivity index (χ0) is 9.54. The van der Waals surface area contributed by atoms with Crippen LogP contribution in [0.15, 0.2) is 24.5 Å². The first-order valence-electron chi connectivity index (χ1n) is 4.26. The molecule has 0 saturated carbocycles. The molecule has 14 heavy (non-hydrogen) atoms. The average Bonchev–Trinajstić information content (AvgIpc) is 2.65. The van der Waals surface area contributed by atoms with Crippen LogP contribution in [0.1, 0.15) is 5.82 Å². The number of ether oxygens (including phenoxy) is 1. The monoisotopic (exact) mass is 188 g/mol. The Hall–Kier alpha value is -2.04. The van der Waals surface area contributed by atoms with Gasteiger partial charge in [0.05, 0.1) is 5.69 Å². The van der Waals surface area contributed by atoms with Gasteiger partial charge in [0.25, 0.3) is 0 Å². The maximum absolute atomic E-state index is 5.66. The highest BCUT2D eigenvalue weighted by Crippen LogP contribution is 2.30. The average molecular weight is 188 g/mol. The summed E-state index contributed by atoms with van der Waals surface area (Å²) in [4.78, 5) is 0. The molecule has 0 atom stereocenters. The molecule has 1 aromatic carbocycles. The molecule has 0 amide bonds. The normalized spacial score (nSPS) is 12.9. The number of nitrogen functional groups attached to an aromatic ring is 1. The molecular weight excluding hydrogens is 180 g/mol. The van der Waals surface area contributed by atoms with Crippen molar-refractivity contribution in [3.05, 3.63) is 30.4 Å². The maximum atomic E-state index is 5.66. The van der Waals surface area contributed by atoms with E-state index in [0.717, 1.165) is 17.3 Å². The van der Waals surface area contributed by atoms with Crippen molar-refractivity contribution < 1.29 is 4.74 Å². The zero-order valence-electron chi connectivity index (χ0n) is 7.34. The fourth-order valence-electron chi connectivity index (χ4n) is 1.55. The van der Waals surface area contributed by atoms with Crippen LogP contribution in [0.3, 0.4) is 0 Å². The quantitative estimate of drug-likeness (QED) is 0.619. The van der Waals surface area contributed by atoms with Crippen molar-refractivity contribution in [2.24, 2.45) is 0 Å². The molecule has 0 bridgehead atoms. The standard InChI is InChI=1S/C9H8N4O/c10-6-1-2-7-8(3-6)14-4-9-12-11-5-13(7)9/h1-3,5H,4,10H2. The van der Waals surface area contributed by atoms with E-state index in [-0.39, 0.29) is 0 Å². The van der Waals surface area contributed by atoms with Gasteiger partial charge in [-0.2, -0.15) is 0 Å². The Balaban J connectivity index is 2.26. The molecule has 1 aliphatic rings. The lowest BCUT2D eigenvalue weighted by molar-refractivity contribution is 0.279. The molecule has 0 fully saturated rings. The second-order valence-electron chi connectivity index (χ2n) is 3.13. The van der Waals surface area contributed by atoms with E-state index in [0.29, 0.717) is 12.3 Å². The van der Waals surface area contributed by atoms with E-state index in [1.807, 2.05) is 16.7 Å². The van der Waals surface area contributed by atoms with Crippen LogP contribution < -0.4 is 10.5 Å². The van der Waals surface area contributed by atoms with Crippen molar-refractivity contribution >= 4 is 5.69 Å². The van der Waals surface area contributed by atoms with Crippen molar-refractivity contribution in [2.75, 3.05) is 5.73 Å². The van der Waals surface area contributed by atoms with Crippen LogP contribution in [-0.2, 0) is 6.61 Å². The SMILES string of the molecule is Nc1ccc2c(c1)OCc1nncn1-2. The number of anilines is 1. The molecular formula is C9H8N4O. The summed E-state index contributed by atoms with van der Waals surface area (Å²) in [5, 5.41) is 7.76. The minimum Gasteiger partial charge on any atom is -0.483 e. The van der Waals surface area contributed by atoms with E-state index in [1.165, 1.54) is 0 Å². The number of rotatable bonds is 0. The van der Waals surface area contributed by atoms with Gasteiger partial charge in [-0.15, -0.1) is 10.2 Å². The van der Waals surface area contributed by atoms with Gasteiger partial charge in [0.1, 0.15) is 18.7 Å². The van der Waals surface area contributed by atoms with Crippen LogP contribution in [0.25, 0.3) is 5.69 Å². The Morgan fingerprint density at radius 3 is 3.29 bits per heavy atom. The maximum Gasteiger partial charge on any atom is 0.175 e. The summed E-state index contributed by atoms with van der Waals surface area (Å²) in [6.45, 7) is 0.441. The number of fused-ring (bicyclic) bond motifs is 3. The largest absolute Gasteiger partial charge is 0.483 e. The summed E-state index contributed by atoms with van der Waals surface area (Å²) < 4.78 is 7.39. The molecule has 3 rings (SSSR count). The molecule has 0 aliphatic carbocycles. The molecule has 0 radical (unpaired) electrons. The summed E-state index contributed by atoms with van der Waals surface area (Å²) >= 11 is 0. The highest BCUT2D eigenvalue weighted by Gasteiger charge is 2.17. The molecule has 0 saturated heterocycles. The number of hydrogen-bond donors (Lipinski definition) is 1. The van der Waals surface area contributed by atoms with Gasteiger partial charge in [-0.05, 0) is 12.1 Å². The van der Waals surface area contributed by atoms with E-state index in [4.69, 9.17) is 10.5 Å². The third kappa shape index (κ3) is 0.891. The van der Waals surface area contributed by atoms with E-state index in [9.17, 15) is 0 Å². The minimum absolute atomic E-state index is 0.441. The van der Waals surface area contributed by atoms with Gasteiger partial charge in [0, 0.05) is 11.8 Å². The number of benzene rings is 1. The van der Waals surface area contributed by atoms with E-state index in [2.05, 4.69) is 10.2 Å². The Morgan fingerprint density at radius 2 is 2.36 bits per heavy atom. The summed E-state index contributed by atoms with van der Waals surface area (Å²) in [6, 6.07) is 5.53. The topological polar surface area (TPSA) is 66.0 Å². The van der Waals surface area contributed by atoms with Crippen molar-refractivity contribution in [3.8, 4) is 11.4 Å². The lowest BCUT2D eigenvalue weighted by Gasteiger charge is -2.18. The summed E-state index contributed by atoms with van der Waals surface area (Å²) in [5.74, 6) is 1.58. The first kappa shape index (κ1) is 7.37. The van der Waals surface area contributed by atoms with Gasteiger partial charge in [-0.1, -0.05) is 0 Å². The Bertz CT molecular complexity index is 491. The molecule has 70 valence electrons. The van der Waals surface area contributed by atoms with Crippen LogP contribution in [-0.4, -0.2) is 14.8 Å². The fourth-order valence-corrected chi connectivity index (χ4v) is 1.55. The Morgan fingerprint density at radius 1 is 1.43 bits per heavy atom.